The number of fused-ring (bicyclic) bond motifs is 1. The minimum atomic E-state index is -1.39. The molecule has 1 aromatic rings. The largest absolute Gasteiger partial charge is 0.490 e. The van der Waals surface area contributed by atoms with E-state index in [1.165, 1.54) is 18.6 Å². The number of amides is 1. The molecule has 1 N–H and O–H groups in total. The van der Waals surface area contributed by atoms with Crippen molar-refractivity contribution < 1.29 is 13.9 Å². The van der Waals surface area contributed by atoms with Crippen LogP contribution in [-0.2, 0) is 11.3 Å². The quantitative estimate of drug-likeness (QED) is 0.596. The molecule has 0 aliphatic carbocycles. The van der Waals surface area contributed by atoms with Gasteiger partial charge in [-0.25, -0.2) is 14.4 Å². The third-order valence-electron chi connectivity index (χ3n) is 5.04. The average molecular weight is 411 g/mol. The van der Waals surface area contributed by atoms with Gasteiger partial charge < -0.3 is 14.5 Å². The van der Waals surface area contributed by atoms with Crippen molar-refractivity contribution in [3.63, 3.8) is 0 Å². The molecule has 2 atom stereocenters. The number of likely N-dealkylation sites (tertiary alicyclic amines) is 1. The molecule has 1 saturated heterocycles. The van der Waals surface area contributed by atoms with E-state index in [4.69, 9.17) is 10.1 Å². The number of pyridine rings is 1. The van der Waals surface area contributed by atoms with Crippen molar-refractivity contribution in [1.29, 1.82) is 10.7 Å². The molecule has 0 bridgehead atoms. The maximum atomic E-state index is 15.0. The number of ether oxygens (including phenoxy) is 1. The second kappa shape index (κ2) is 9.73. The van der Waals surface area contributed by atoms with E-state index >= 15 is 0 Å². The van der Waals surface area contributed by atoms with Crippen LogP contribution >= 0.6 is 0 Å². The Morgan fingerprint density at radius 3 is 2.97 bits per heavy atom. The molecule has 10 heteroatoms. The number of nitrogens with one attached hydrogen (secondary N) is 1. The Morgan fingerprint density at radius 1 is 1.43 bits per heavy atom. The second-order valence-electron chi connectivity index (χ2n) is 6.83. The van der Waals surface area contributed by atoms with Crippen LogP contribution in [0.2, 0.25) is 0 Å². The standard InChI is InChI=1S/C20H22FN7O2/c1-2-26-18(10-25-13-23)27-4-3-16(17(21)12-27)20(29)28-5-6-30-19-14(7-22)8-24-9-15(19)11-28/h2,8-10,13,16-17,23H,1,3-6,11-12H2/t16-,17-/m0/s1. The molecule has 2 aliphatic rings. The summed E-state index contributed by atoms with van der Waals surface area (Å²) >= 11 is 0. The fraction of sp³-hybridized carbons (Fsp3) is 0.400. The van der Waals surface area contributed by atoms with Crippen molar-refractivity contribution in [2.24, 2.45) is 15.9 Å². The first-order valence-corrected chi connectivity index (χ1v) is 9.47. The molecular weight excluding hydrogens is 389 g/mol. The molecule has 1 fully saturated rings. The second-order valence-corrected chi connectivity index (χ2v) is 6.83. The Bertz CT molecular complexity index is 924. The first-order chi connectivity index (χ1) is 14.6. The van der Waals surface area contributed by atoms with Gasteiger partial charge in [-0.05, 0) is 6.42 Å². The summed E-state index contributed by atoms with van der Waals surface area (Å²) in [5, 5.41) is 16.2. The molecule has 9 nitrogen and oxygen atoms in total. The molecular formula is C20H22FN7O2. The Hall–Kier alpha value is -3.61. The zero-order valence-corrected chi connectivity index (χ0v) is 16.4. The Morgan fingerprint density at radius 2 is 2.27 bits per heavy atom. The summed E-state index contributed by atoms with van der Waals surface area (Å²) < 4.78 is 20.7. The van der Waals surface area contributed by atoms with Crippen LogP contribution < -0.4 is 4.74 Å². The normalized spacial score (nSPS) is 21.9. The molecule has 0 radical (unpaired) electrons. The highest BCUT2D eigenvalue weighted by Gasteiger charge is 2.38. The van der Waals surface area contributed by atoms with Gasteiger partial charge in [0.2, 0.25) is 5.91 Å². The highest BCUT2D eigenvalue weighted by atomic mass is 19.1. The highest BCUT2D eigenvalue weighted by molar-refractivity contribution is 6.30. The van der Waals surface area contributed by atoms with E-state index in [0.29, 0.717) is 42.2 Å². The van der Waals surface area contributed by atoms with Gasteiger partial charge in [0.05, 0.1) is 31.8 Å². The predicted octanol–water partition coefficient (Wildman–Crippen LogP) is 1.55. The van der Waals surface area contributed by atoms with E-state index in [1.54, 1.807) is 16.0 Å². The summed E-state index contributed by atoms with van der Waals surface area (Å²) in [4.78, 5) is 28.2. The van der Waals surface area contributed by atoms with Crippen LogP contribution in [0.5, 0.6) is 5.75 Å². The highest BCUT2D eigenvalue weighted by Crippen LogP contribution is 2.29. The number of hydrogen-bond donors (Lipinski definition) is 1. The van der Waals surface area contributed by atoms with Gasteiger partial charge in [-0.15, -0.1) is 0 Å². The molecule has 30 heavy (non-hydrogen) atoms. The number of halogens is 1. The first kappa shape index (κ1) is 21.1. The third-order valence-corrected chi connectivity index (χ3v) is 5.04. The lowest BCUT2D eigenvalue weighted by molar-refractivity contribution is -0.140. The number of piperidine rings is 1. The van der Waals surface area contributed by atoms with Crippen molar-refractivity contribution in [2.45, 2.75) is 19.1 Å². The van der Waals surface area contributed by atoms with Crippen LogP contribution in [0.15, 0.2) is 35.2 Å². The molecule has 1 amide bonds. The van der Waals surface area contributed by atoms with Gasteiger partial charge in [0.1, 0.15) is 42.3 Å². The van der Waals surface area contributed by atoms with Gasteiger partial charge in [0.25, 0.3) is 0 Å². The summed E-state index contributed by atoms with van der Waals surface area (Å²) in [5.41, 5.74) is 0.954. The number of carbonyl (C=O) groups is 1. The van der Waals surface area contributed by atoms with E-state index in [1.807, 2.05) is 6.07 Å². The first-order valence-electron chi connectivity index (χ1n) is 9.47. The molecule has 0 unspecified atom stereocenters. The van der Waals surface area contributed by atoms with Crippen LogP contribution in [0, 0.1) is 22.7 Å². The third kappa shape index (κ3) is 4.51. The SMILES string of the molecule is C=CN=C(C=NC=N)N1CC[C@H](C(=O)N2CCOc3c(C#N)cncc3C2)[C@@H](F)C1. The maximum Gasteiger partial charge on any atom is 0.229 e. The fourth-order valence-electron chi connectivity index (χ4n) is 3.61. The van der Waals surface area contributed by atoms with Crippen LogP contribution in [0.4, 0.5) is 4.39 Å². The monoisotopic (exact) mass is 411 g/mol. The molecule has 0 aromatic carbocycles. The number of amidine groups is 1. The summed E-state index contributed by atoms with van der Waals surface area (Å²) in [6.07, 6.45) is 5.48. The summed E-state index contributed by atoms with van der Waals surface area (Å²) in [5.74, 6) is -0.227. The van der Waals surface area contributed by atoms with Gasteiger partial charge >= 0.3 is 0 Å². The zero-order valence-electron chi connectivity index (χ0n) is 16.4. The van der Waals surface area contributed by atoms with E-state index in [9.17, 15) is 14.4 Å². The number of aromatic nitrogens is 1. The van der Waals surface area contributed by atoms with Crippen molar-refractivity contribution in [1.82, 2.24) is 14.8 Å². The lowest BCUT2D eigenvalue weighted by atomic mass is 9.93. The molecule has 3 heterocycles. The molecule has 0 saturated carbocycles. The summed E-state index contributed by atoms with van der Waals surface area (Å²) in [6.45, 7) is 4.71. The minimum Gasteiger partial charge on any atom is -0.490 e. The lowest BCUT2D eigenvalue weighted by Gasteiger charge is -2.36. The Balaban J connectivity index is 1.71. The molecule has 1 aromatic heterocycles. The minimum absolute atomic E-state index is 0.00579. The van der Waals surface area contributed by atoms with Crippen molar-refractivity contribution in [2.75, 3.05) is 26.2 Å². The number of hydrogen-bond acceptors (Lipinski definition) is 6. The van der Waals surface area contributed by atoms with Crippen molar-refractivity contribution in [3.05, 3.63) is 36.3 Å². The van der Waals surface area contributed by atoms with Gasteiger partial charge in [-0.3, -0.25) is 15.2 Å². The molecule has 0 spiro atoms. The van der Waals surface area contributed by atoms with E-state index in [2.05, 4.69) is 21.5 Å². The van der Waals surface area contributed by atoms with E-state index < -0.39 is 12.1 Å². The summed E-state index contributed by atoms with van der Waals surface area (Å²) in [7, 11) is 0. The lowest BCUT2D eigenvalue weighted by Crippen LogP contribution is -2.51. The fourth-order valence-corrected chi connectivity index (χ4v) is 3.61. The van der Waals surface area contributed by atoms with Gasteiger partial charge in [0, 0.05) is 30.7 Å². The number of carbonyl (C=O) groups excluding carboxylic acids is 1. The molecule has 3 rings (SSSR count). The number of nitriles is 1. The zero-order chi connectivity index (χ0) is 21.5. The van der Waals surface area contributed by atoms with Crippen molar-refractivity contribution >= 4 is 24.3 Å². The van der Waals surface area contributed by atoms with Crippen LogP contribution in [0.25, 0.3) is 0 Å². The van der Waals surface area contributed by atoms with Crippen LogP contribution in [-0.4, -0.2) is 71.5 Å². The number of nitrogens with zero attached hydrogens (tertiary/aromatic N) is 6. The number of alkyl halides is 1. The number of aliphatic imine (C=N–C) groups is 2. The molecule has 2 aliphatic heterocycles. The van der Waals surface area contributed by atoms with Gasteiger partial charge in [-0.1, -0.05) is 6.58 Å². The van der Waals surface area contributed by atoms with E-state index in [0.717, 1.165) is 6.34 Å². The van der Waals surface area contributed by atoms with Gasteiger partial charge in [-0.2, -0.15) is 5.26 Å². The number of rotatable bonds is 4. The summed E-state index contributed by atoms with van der Waals surface area (Å²) in [6, 6.07) is 2.04. The average Bonchev–Trinajstić information content (AvgIpc) is 2.98. The van der Waals surface area contributed by atoms with E-state index in [-0.39, 0.29) is 25.6 Å². The predicted molar refractivity (Wildman–Crippen MR) is 109 cm³/mol. The molecule has 156 valence electrons. The van der Waals surface area contributed by atoms with Crippen LogP contribution in [0.3, 0.4) is 0 Å². The van der Waals surface area contributed by atoms with Gasteiger partial charge in [0.15, 0.2) is 0 Å². The maximum absolute atomic E-state index is 15.0. The Kier molecular flexibility index (Phi) is 6.85. The van der Waals surface area contributed by atoms with Crippen LogP contribution in [0.1, 0.15) is 17.5 Å². The topological polar surface area (TPSA) is 118 Å². The Labute approximate surface area is 173 Å². The van der Waals surface area contributed by atoms with Crippen molar-refractivity contribution in [3.8, 4) is 11.8 Å². The smallest absolute Gasteiger partial charge is 0.229 e.